The van der Waals surface area contributed by atoms with E-state index in [2.05, 4.69) is 36.9 Å². The maximum absolute atomic E-state index is 12.3. The van der Waals surface area contributed by atoms with E-state index in [0.29, 0.717) is 18.3 Å². The molecule has 2 aromatic rings. The molecule has 0 saturated carbocycles. The summed E-state index contributed by atoms with van der Waals surface area (Å²) in [6, 6.07) is 8.09. The van der Waals surface area contributed by atoms with Crippen LogP contribution >= 0.6 is 28.3 Å². The van der Waals surface area contributed by atoms with Crippen molar-refractivity contribution < 1.29 is 4.79 Å². The number of hydrogen-bond donors (Lipinski definition) is 2. The maximum atomic E-state index is 12.3. The van der Waals surface area contributed by atoms with E-state index in [1.165, 1.54) is 6.42 Å². The van der Waals surface area contributed by atoms with Crippen molar-refractivity contribution in [3.63, 3.8) is 0 Å². The molecule has 23 heavy (non-hydrogen) atoms. The Hall–Kier alpha value is -1.44. The van der Waals surface area contributed by atoms with Gasteiger partial charge < -0.3 is 10.6 Å². The third-order valence-electron chi connectivity index (χ3n) is 3.83. The van der Waals surface area contributed by atoms with Gasteiger partial charge in [0.25, 0.3) is 5.91 Å². The van der Waals surface area contributed by atoms with E-state index in [4.69, 9.17) is 0 Å². The standard InChI is InChI=1S/C15H18BrN5O.ClH/c1-10-14(15(22)18-9-12-5-3-7-17-12)19-20-21(10)13-6-2-4-11(16)8-13;/h2,4,6,8,12,17H,3,5,7,9H2,1H3,(H,18,22);1H. The van der Waals surface area contributed by atoms with Crippen molar-refractivity contribution in [2.24, 2.45) is 0 Å². The molecule has 0 radical (unpaired) electrons. The van der Waals surface area contributed by atoms with E-state index in [0.717, 1.165) is 28.8 Å². The number of nitrogens with zero attached hydrogens (tertiary/aromatic N) is 3. The zero-order valence-corrected chi connectivity index (χ0v) is 15.2. The second-order valence-corrected chi connectivity index (χ2v) is 6.33. The molecule has 8 heteroatoms. The number of benzene rings is 1. The highest BCUT2D eigenvalue weighted by atomic mass is 79.9. The van der Waals surface area contributed by atoms with Gasteiger partial charge in [0.1, 0.15) is 0 Å². The SMILES string of the molecule is Cc1c(C(=O)NCC2CCCN2)nnn1-c1cccc(Br)c1.Cl. The first kappa shape index (κ1) is 17.9. The number of aromatic nitrogens is 3. The van der Waals surface area contributed by atoms with E-state index in [1.807, 2.05) is 31.2 Å². The minimum absolute atomic E-state index is 0. The molecule has 1 aliphatic heterocycles. The monoisotopic (exact) mass is 399 g/mol. The molecule has 124 valence electrons. The smallest absolute Gasteiger partial charge is 0.273 e. The average Bonchev–Trinajstić information content (AvgIpc) is 3.14. The van der Waals surface area contributed by atoms with Crippen LogP contribution in [0.1, 0.15) is 29.0 Å². The van der Waals surface area contributed by atoms with Gasteiger partial charge in [0.15, 0.2) is 5.69 Å². The summed E-state index contributed by atoms with van der Waals surface area (Å²) in [6.45, 7) is 3.50. The largest absolute Gasteiger partial charge is 0.349 e. The molecule has 1 atom stereocenters. The van der Waals surface area contributed by atoms with Gasteiger partial charge in [-0.05, 0) is 44.5 Å². The lowest BCUT2D eigenvalue weighted by Gasteiger charge is -2.10. The summed E-state index contributed by atoms with van der Waals surface area (Å²) in [5.74, 6) is -0.174. The van der Waals surface area contributed by atoms with Crippen molar-refractivity contribution in [1.29, 1.82) is 0 Å². The Labute approximate surface area is 149 Å². The predicted molar refractivity (Wildman–Crippen MR) is 94.4 cm³/mol. The van der Waals surface area contributed by atoms with Crippen molar-refractivity contribution in [2.75, 3.05) is 13.1 Å². The van der Waals surface area contributed by atoms with Crippen molar-refractivity contribution in [2.45, 2.75) is 25.8 Å². The summed E-state index contributed by atoms with van der Waals surface area (Å²) in [6.07, 6.45) is 2.27. The Kier molecular flexibility index (Phi) is 6.15. The molecule has 1 unspecified atom stereocenters. The lowest BCUT2D eigenvalue weighted by Crippen LogP contribution is -2.37. The van der Waals surface area contributed by atoms with E-state index in [1.54, 1.807) is 4.68 Å². The number of carbonyl (C=O) groups is 1. The second kappa shape index (κ2) is 7.90. The molecule has 1 fully saturated rings. The van der Waals surface area contributed by atoms with E-state index >= 15 is 0 Å². The van der Waals surface area contributed by atoms with Crippen molar-refractivity contribution in [3.8, 4) is 5.69 Å². The van der Waals surface area contributed by atoms with Crippen molar-refractivity contribution in [3.05, 3.63) is 40.1 Å². The first-order chi connectivity index (χ1) is 10.6. The fraction of sp³-hybridized carbons (Fsp3) is 0.400. The Bertz CT molecular complexity index is 684. The second-order valence-electron chi connectivity index (χ2n) is 5.42. The Morgan fingerprint density at radius 3 is 3.04 bits per heavy atom. The zero-order chi connectivity index (χ0) is 15.5. The molecule has 2 N–H and O–H groups in total. The summed E-state index contributed by atoms with van der Waals surface area (Å²) < 4.78 is 2.63. The van der Waals surface area contributed by atoms with Gasteiger partial charge >= 0.3 is 0 Å². The molecule has 0 bridgehead atoms. The Morgan fingerprint density at radius 1 is 1.52 bits per heavy atom. The van der Waals surface area contributed by atoms with Gasteiger partial charge in [-0.15, -0.1) is 17.5 Å². The number of hydrogen-bond acceptors (Lipinski definition) is 4. The molecule has 1 aromatic heterocycles. The molecule has 6 nitrogen and oxygen atoms in total. The topological polar surface area (TPSA) is 71.8 Å². The zero-order valence-electron chi connectivity index (χ0n) is 12.8. The molecular weight excluding hydrogens is 382 g/mol. The summed E-state index contributed by atoms with van der Waals surface area (Å²) in [7, 11) is 0. The minimum Gasteiger partial charge on any atom is -0.349 e. The van der Waals surface area contributed by atoms with Gasteiger partial charge in [0, 0.05) is 17.1 Å². The highest BCUT2D eigenvalue weighted by Crippen LogP contribution is 2.17. The van der Waals surface area contributed by atoms with Crippen molar-refractivity contribution in [1.82, 2.24) is 25.6 Å². The van der Waals surface area contributed by atoms with Crippen LogP contribution in [0.3, 0.4) is 0 Å². The van der Waals surface area contributed by atoms with Crippen LogP contribution < -0.4 is 10.6 Å². The van der Waals surface area contributed by atoms with Crippen LogP contribution in [0.25, 0.3) is 5.69 Å². The highest BCUT2D eigenvalue weighted by molar-refractivity contribution is 9.10. The fourth-order valence-corrected chi connectivity index (χ4v) is 3.01. The Balaban J connectivity index is 0.00000192. The fourth-order valence-electron chi connectivity index (χ4n) is 2.62. The van der Waals surface area contributed by atoms with Crippen LogP contribution in [0.4, 0.5) is 0 Å². The first-order valence-electron chi connectivity index (χ1n) is 7.35. The quantitative estimate of drug-likeness (QED) is 0.826. The van der Waals surface area contributed by atoms with E-state index in [9.17, 15) is 4.79 Å². The number of carbonyl (C=O) groups excluding carboxylic acids is 1. The van der Waals surface area contributed by atoms with Gasteiger partial charge in [0.05, 0.1) is 11.4 Å². The average molecular weight is 401 g/mol. The van der Waals surface area contributed by atoms with Gasteiger partial charge in [-0.3, -0.25) is 4.79 Å². The van der Waals surface area contributed by atoms with Crippen LogP contribution in [0, 0.1) is 6.92 Å². The van der Waals surface area contributed by atoms with Gasteiger partial charge in [-0.25, -0.2) is 4.68 Å². The number of rotatable bonds is 4. The third kappa shape index (κ3) is 4.10. The number of nitrogens with one attached hydrogen (secondary N) is 2. The first-order valence-corrected chi connectivity index (χ1v) is 8.14. The molecule has 1 saturated heterocycles. The molecule has 0 spiro atoms. The van der Waals surface area contributed by atoms with Gasteiger partial charge in [0.2, 0.25) is 0 Å². The van der Waals surface area contributed by atoms with Gasteiger partial charge in [-0.1, -0.05) is 27.2 Å². The maximum Gasteiger partial charge on any atom is 0.273 e. The summed E-state index contributed by atoms with van der Waals surface area (Å²) in [5.41, 5.74) is 1.98. The van der Waals surface area contributed by atoms with E-state index in [-0.39, 0.29) is 18.3 Å². The van der Waals surface area contributed by atoms with E-state index < -0.39 is 0 Å². The predicted octanol–water partition coefficient (Wildman–Crippen LogP) is 2.24. The van der Waals surface area contributed by atoms with Crippen LogP contribution in [0.5, 0.6) is 0 Å². The van der Waals surface area contributed by atoms with Crippen LogP contribution in [-0.4, -0.2) is 40.0 Å². The van der Waals surface area contributed by atoms with Crippen molar-refractivity contribution >= 4 is 34.2 Å². The summed E-state index contributed by atoms with van der Waals surface area (Å²) in [5, 5.41) is 14.4. The molecule has 3 rings (SSSR count). The summed E-state index contributed by atoms with van der Waals surface area (Å²) in [4.78, 5) is 12.3. The van der Waals surface area contributed by atoms with Crippen LogP contribution in [-0.2, 0) is 0 Å². The third-order valence-corrected chi connectivity index (χ3v) is 4.33. The number of amides is 1. The molecule has 1 aromatic carbocycles. The lowest BCUT2D eigenvalue weighted by atomic mass is 10.2. The summed E-state index contributed by atoms with van der Waals surface area (Å²) >= 11 is 3.43. The Morgan fingerprint density at radius 2 is 2.35 bits per heavy atom. The van der Waals surface area contributed by atoms with Gasteiger partial charge in [-0.2, -0.15) is 0 Å². The molecule has 0 aliphatic carbocycles. The minimum atomic E-state index is -0.174. The van der Waals surface area contributed by atoms with Crippen LogP contribution in [0.2, 0.25) is 0 Å². The number of halogens is 2. The van der Waals surface area contributed by atoms with Crippen LogP contribution in [0.15, 0.2) is 28.7 Å². The molecule has 1 aliphatic rings. The normalized spacial score (nSPS) is 16.9. The molecule has 2 heterocycles. The lowest BCUT2D eigenvalue weighted by molar-refractivity contribution is 0.0944. The molecular formula is C15H19BrClN5O. The molecule has 1 amide bonds. The highest BCUT2D eigenvalue weighted by Gasteiger charge is 2.20.